The number of thioether (sulfide) groups is 1. The largest absolute Gasteiger partial charge is 0.426 e. The maximum absolute atomic E-state index is 12.9. The third-order valence-electron chi connectivity index (χ3n) is 5.90. The monoisotopic (exact) mass is 482 g/mol. The Kier molecular flexibility index (Phi) is 6.92. The predicted molar refractivity (Wildman–Crippen MR) is 126 cm³/mol. The average Bonchev–Trinajstić information content (AvgIpc) is 3.07. The summed E-state index contributed by atoms with van der Waals surface area (Å²) in [5.41, 5.74) is 1.25. The van der Waals surface area contributed by atoms with Crippen molar-refractivity contribution < 1.29 is 28.7 Å². The van der Waals surface area contributed by atoms with Crippen LogP contribution in [0.1, 0.15) is 29.8 Å². The molecule has 9 heteroatoms. The van der Waals surface area contributed by atoms with Crippen LogP contribution in [-0.4, -0.2) is 58.2 Å². The molecule has 0 spiro atoms. The molecular formula is C25H26N2O6S. The fourth-order valence-corrected chi connectivity index (χ4v) is 5.88. The second-order valence-corrected chi connectivity index (χ2v) is 10.5. The van der Waals surface area contributed by atoms with E-state index >= 15 is 0 Å². The predicted octanol–water partition coefficient (Wildman–Crippen LogP) is 2.38. The van der Waals surface area contributed by atoms with Gasteiger partial charge in [-0.15, -0.1) is 11.8 Å². The number of amides is 2. The molecule has 3 atom stereocenters. The Hall–Kier alpha value is -3.33. The van der Waals surface area contributed by atoms with Crippen molar-refractivity contribution in [1.29, 1.82) is 0 Å². The molecule has 0 radical (unpaired) electrons. The smallest absolute Gasteiger partial charge is 0.340 e. The van der Waals surface area contributed by atoms with E-state index < -0.39 is 35.4 Å². The summed E-state index contributed by atoms with van der Waals surface area (Å²) in [5.74, 6) is -1.99. The number of β-lactam (4-membered cyclic amide) rings is 1. The van der Waals surface area contributed by atoms with E-state index in [-0.39, 0.29) is 30.2 Å². The zero-order valence-corrected chi connectivity index (χ0v) is 19.7. The molecule has 0 aliphatic carbocycles. The lowest BCUT2D eigenvalue weighted by atomic mass is 9.91. The minimum atomic E-state index is -0.804. The van der Waals surface area contributed by atoms with E-state index in [1.807, 2.05) is 44.2 Å². The van der Waals surface area contributed by atoms with Gasteiger partial charge >= 0.3 is 11.9 Å². The summed E-state index contributed by atoms with van der Waals surface area (Å²) < 4.78 is 9.63. The van der Waals surface area contributed by atoms with Crippen LogP contribution in [0.2, 0.25) is 0 Å². The molecule has 178 valence electrons. The minimum Gasteiger partial charge on any atom is -0.426 e. The molecule has 8 nitrogen and oxygen atoms in total. The topological polar surface area (TPSA) is 102 Å². The molecule has 0 bridgehead atoms. The summed E-state index contributed by atoms with van der Waals surface area (Å²) in [6, 6.07) is 17.0. The first-order chi connectivity index (χ1) is 16.3. The fourth-order valence-electron chi connectivity index (χ4n) is 4.20. The molecule has 0 unspecified atom stereocenters. The number of ether oxygens (including phenoxy) is 2. The Balaban J connectivity index is 1.29. The van der Waals surface area contributed by atoms with Crippen molar-refractivity contribution in [2.24, 2.45) is 5.92 Å². The summed E-state index contributed by atoms with van der Waals surface area (Å²) in [4.78, 5) is 51.5. The molecule has 0 aromatic heterocycles. The van der Waals surface area contributed by atoms with Crippen molar-refractivity contribution in [3.63, 3.8) is 0 Å². The molecule has 2 aliphatic rings. The number of nitrogens with zero attached hydrogens (tertiary/aromatic N) is 1. The number of hydrogen-bond donors (Lipinski definition) is 1. The molecule has 2 aromatic carbocycles. The first-order valence-electron chi connectivity index (χ1n) is 11.0. The number of esters is 2. The van der Waals surface area contributed by atoms with Crippen LogP contribution in [0.3, 0.4) is 0 Å². The summed E-state index contributed by atoms with van der Waals surface area (Å²) in [6.07, 6.45) is 0.241. The van der Waals surface area contributed by atoms with Gasteiger partial charge in [-0.3, -0.25) is 9.59 Å². The molecule has 2 saturated heterocycles. The van der Waals surface area contributed by atoms with E-state index in [1.54, 1.807) is 30.3 Å². The van der Waals surface area contributed by atoms with E-state index in [2.05, 4.69) is 5.32 Å². The van der Waals surface area contributed by atoms with Gasteiger partial charge in [-0.1, -0.05) is 48.5 Å². The Labute approximate surface area is 202 Å². The van der Waals surface area contributed by atoms with Gasteiger partial charge in [0.05, 0.1) is 23.3 Å². The van der Waals surface area contributed by atoms with Crippen LogP contribution in [0.4, 0.5) is 0 Å². The molecule has 2 fully saturated rings. The van der Waals surface area contributed by atoms with Gasteiger partial charge in [0.25, 0.3) is 0 Å². The van der Waals surface area contributed by atoms with Crippen molar-refractivity contribution in [3.8, 4) is 0 Å². The van der Waals surface area contributed by atoms with Gasteiger partial charge in [-0.2, -0.15) is 0 Å². The molecule has 34 heavy (non-hydrogen) atoms. The van der Waals surface area contributed by atoms with Crippen molar-refractivity contribution >= 4 is 35.5 Å². The van der Waals surface area contributed by atoms with Crippen LogP contribution in [0.5, 0.6) is 0 Å². The molecule has 2 amide bonds. The summed E-state index contributed by atoms with van der Waals surface area (Å²) in [6.45, 7) is 3.42. The lowest BCUT2D eigenvalue weighted by Crippen LogP contribution is -2.65. The molecule has 2 heterocycles. The summed E-state index contributed by atoms with van der Waals surface area (Å²) >= 11 is 1.50. The summed E-state index contributed by atoms with van der Waals surface area (Å²) in [5, 5.41) is 2.60. The Morgan fingerprint density at radius 2 is 1.65 bits per heavy atom. The van der Waals surface area contributed by atoms with Crippen LogP contribution in [-0.2, 0) is 30.3 Å². The molecule has 2 aliphatic heterocycles. The zero-order chi connectivity index (χ0) is 24.3. The van der Waals surface area contributed by atoms with E-state index in [0.717, 1.165) is 5.56 Å². The highest BCUT2D eigenvalue weighted by Gasteiger charge is 2.63. The second-order valence-electron chi connectivity index (χ2n) is 8.71. The highest BCUT2D eigenvalue weighted by molar-refractivity contribution is 8.01. The fraction of sp³-hybridized carbons (Fsp3) is 0.360. The molecule has 0 saturated carbocycles. The van der Waals surface area contributed by atoms with Crippen molar-refractivity contribution in [2.75, 3.05) is 13.3 Å². The number of carbonyl (C=O) groups excluding carboxylic acids is 4. The second kappa shape index (κ2) is 9.89. The van der Waals surface area contributed by atoms with Crippen molar-refractivity contribution in [3.05, 3.63) is 71.8 Å². The highest BCUT2D eigenvalue weighted by Crippen LogP contribution is 2.53. The quantitative estimate of drug-likeness (QED) is 0.350. The lowest BCUT2D eigenvalue weighted by molar-refractivity contribution is -0.171. The van der Waals surface area contributed by atoms with Crippen LogP contribution in [0.15, 0.2) is 60.7 Å². The normalized spacial score (nSPS) is 22.4. The standard InChI is InChI=1S/C25H26N2O6S/c1-25(2)20(24(31)33-15-32-23(30)17-11-7-4-8-12-17)27-21(29)18(22(27)34-25)14-26-19(28)13-16-9-5-3-6-10-16/h3-12,18,20,22H,13-15H2,1-2H3,(H,26,28)/t18-,20+,22-/m1/s1. The Bertz CT molecular complexity index is 1080. The van der Waals surface area contributed by atoms with Gasteiger partial charge in [0.15, 0.2) is 0 Å². The first-order valence-corrected chi connectivity index (χ1v) is 11.9. The van der Waals surface area contributed by atoms with E-state index in [4.69, 9.17) is 9.47 Å². The van der Waals surface area contributed by atoms with Crippen molar-refractivity contribution in [1.82, 2.24) is 10.2 Å². The first kappa shape index (κ1) is 23.8. The molecule has 4 rings (SSSR count). The number of nitrogens with one attached hydrogen (secondary N) is 1. The third-order valence-corrected chi connectivity index (χ3v) is 7.53. The maximum Gasteiger partial charge on any atom is 0.340 e. The number of carbonyl (C=O) groups is 4. The van der Waals surface area contributed by atoms with Gasteiger partial charge in [-0.25, -0.2) is 9.59 Å². The van der Waals surface area contributed by atoms with E-state index in [9.17, 15) is 19.2 Å². The van der Waals surface area contributed by atoms with Gasteiger partial charge in [0, 0.05) is 11.3 Å². The SMILES string of the molecule is CC1(C)S[C@@H]2[C@H](CNC(=O)Cc3ccccc3)C(=O)N2[C@H]1C(=O)OCOC(=O)c1ccccc1. The van der Waals surface area contributed by atoms with Crippen LogP contribution in [0.25, 0.3) is 0 Å². The maximum atomic E-state index is 12.9. The van der Waals surface area contributed by atoms with Gasteiger partial charge in [-0.05, 0) is 31.5 Å². The van der Waals surface area contributed by atoms with Crippen LogP contribution >= 0.6 is 11.8 Å². The Morgan fingerprint density at radius 1 is 1.00 bits per heavy atom. The van der Waals surface area contributed by atoms with Crippen molar-refractivity contribution in [2.45, 2.75) is 36.4 Å². The number of hydrogen-bond acceptors (Lipinski definition) is 7. The van der Waals surface area contributed by atoms with Crippen LogP contribution < -0.4 is 5.32 Å². The number of fused-ring (bicyclic) bond motifs is 1. The minimum absolute atomic E-state index is 0.157. The molecule has 1 N–H and O–H groups in total. The number of rotatable bonds is 8. The molecule has 2 aromatic rings. The Morgan fingerprint density at radius 3 is 2.32 bits per heavy atom. The summed E-state index contributed by atoms with van der Waals surface area (Å²) in [7, 11) is 0. The third kappa shape index (κ3) is 4.94. The highest BCUT2D eigenvalue weighted by atomic mass is 32.2. The zero-order valence-electron chi connectivity index (χ0n) is 18.9. The number of benzene rings is 2. The molecular weight excluding hydrogens is 456 g/mol. The van der Waals surface area contributed by atoms with Gasteiger partial charge in [0.1, 0.15) is 6.04 Å². The van der Waals surface area contributed by atoms with Crippen LogP contribution in [0, 0.1) is 5.92 Å². The van der Waals surface area contributed by atoms with Gasteiger partial charge in [0.2, 0.25) is 18.6 Å². The van der Waals surface area contributed by atoms with E-state index in [1.165, 1.54) is 16.7 Å². The average molecular weight is 483 g/mol. The van der Waals surface area contributed by atoms with Gasteiger partial charge < -0.3 is 19.7 Å². The lowest BCUT2D eigenvalue weighted by Gasteiger charge is -2.43. The van der Waals surface area contributed by atoms with E-state index in [0.29, 0.717) is 5.56 Å².